The van der Waals surface area contributed by atoms with Gasteiger partial charge in [0.05, 0.1) is 12.4 Å². The maximum atomic E-state index is 12.3. The number of carbonyl (C=O) groups excluding carboxylic acids is 3. The Morgan fingerprint density at radius 2 is 1.86 bits per heavy atom. The standard InChI is InChI=1S/C20H20INO6S/c21-14-8-9-16(23)15(11-14)17(7-4-10-27-18(24)12-29)28-20(26)22-19(25)13-5-2-1-3-6-13/h1-3,5-6,8-9,11,17,23,29H,4,7,10,12H2,(H,22,25,26)/t17-/m1/s1. The molecule has 0 aliphatic heterocycles. The molecule has 154 valence electrons. The lowest BCUT2D eigenvalue weighted by molar-refractivity contribution is -0.140. The molecule has 2 amide bonds. The monoisotopic (exact) mass is 529 g/mol. The van der Waals surface area contributed by atoms with Gasteiger partial charge in [0.1, 0.15) is 11.9 Å². The smallest absolute Gasteiger partial charge is 0.414 e. The van der Waals surface area contributed by atoms with E-state index in [0.29, 0.717) is 17.5 Å². The van der Waals surface area contributed by atoms with Gasteiger partial charge in [-0.15, -0.1) is 0 Å². The summed E-state index contributed by atoms with van der Waals surface area (Å²) in [7, 11) is 0. The zero-order valence-electron chi connectivity index (χ0n) is 15.3. The van der Waals surface area contributed by atoms with Crippen LogP contribution < -0.4 is 5.32 Å². The van der Waals surface area contributed by atoms with E-state index in [9.17, 15) is 19.5 Å². The second-order valence-electron chi connectivity index (χ2n) is 5.94. The molecule has 0 fully saturated rings. The highest BCUT2D eigenvalue weighted by Gasteiger charge is 2.22. The van der Waals surface area contributed by atoms with Crippen molar-refractivity contribution in [1.29, 1.82) is 0 Å². The van der Waals surface area contributed by atoms with Gasteiger partial charge in [0.15, 0.2) is 0 Å². The summed E-state index contributed by atoms with van der Waals surface area (Å²) in [6.07, 6.45) is -1.10. The number of aromatic hydroxyl groups is 1. The van der Waals surface area contributed by atoms with Gasteiger partial charge in [0.25, 0.3) is 5.91 Å². The van der Waals surface area contributed by atoms with E-state index in [1.165, 1.54) is 6.07 Å². The molecule has 0 radical (unpaired) electrons. The number of rotatable bonds is 8. The number of ether oxygens (including phenoxy) is 2. The normalized spacial score (nSPS) is 11.4. The minimum Gasteiger partial charge on any atom is -0.508 e. The van der Waals surface area contributed by atoms with Crippen molar-refractivity contribution in [3.63, 3.8) is 0 Å². The van der Waals surface area contributed by atoms with Gasteiger partial charge < -0.3 is 14.6 Å². The maximum Gasteiger partial charge on any atom is 0.414 e. The SMILES string of the molecule is O=C(CS)OCCC[C@@H](OC(=O)NC(=O)c1ccccc1)c1cc(I)ccc1O. The van der Waals surface area contributed by atoms with Crippen LogP contribution in [-0.2, 0) is 14.3 Å². The molecule has 9 heteroatoms. The molecule has 1 atom stereocenters. The van der Waals surface area contributed by atoms with Crippen LogP contribution in [0, 0.1) is 3.57 Å². The molecule has 29 heavy (non-hydrogen) atoms. The summed E-state index contributed by atoms with van der Waals surface area (Å²) in [5.41, 5.74) is 0.719. The highest BCUT2D eigenvalue weighted by Crippen LogP contribution is 2.31. The van der Waals surface area contributed by atoms with Crippen LogP contribution in [0.1, 0.15) is 34.9 Å². The molecule has 0 unspecified atom stereocenters. The molecule has 0 aliphatic carbocycles. The second kappa shape index (κ2) is 11.7. The van der Waals surface area contributed by atoms with Crippen LogP contribution in [0.5, 0.6) is 5.75 Å². The van der Waals surface area contributed by atoms with Crippen LogP contribution in [0.15, 0.2) is 48.5 Å². The number of hydrogen-bond acceptors (Lipinski definition) is 7. The van der Waals surface area contributed by atoms with Crippen LogP contribution >= 0.6 is 35.2 Å². The molecule has 0 aliphatic rings. The zero-order chi connectivity index (χ0) is 21.2. The highest BCUT2D eigenvalue weighted by molar-refractivity contribution is 14.1. The van der Waals surface area contributed by atoms with Crippen molar-refractivity contribution in [3.05, 3.63) is 63.2 Å². The topological polar surface area (TPSA) is 102 Å². The van der Waals surface area contributed by atoms with Gasteiger partial charge in [-0.3, -0.25) is 14.9 Å². The lowest BCUT2D eigenvalue weighted by atomic mass is 10.0. The molecule has 0 saturated heterocycles. The fourth-order valence-electron chi connectivity index (χ4n) is 2.47. The van der Waals surface area contributed by atoms with Crippen LogP contribution in [0.4, 0.5) is 4.79 Å². The molecular formula is C20H20INO6S. The summed E-state index contributed by atoms with van der Waals surface area (Å²) in [5, 5.41) is 12.4. The molecule has 2 aromatic rings. The number of thiol groups is 1. The number of benzene rings is 2. The third kappa shape index (κ3) is 7.58. The van der Waals surface area contributed by atoms with Crippen molar-refractivity contribution in [1.82, 2.24) is 5.32 Å². The van der Waals surface area contributed by atoms with Gasteiger partial charge in [-0.2, -0.15) is 12.6 Å². The molecule has 0 saturated carbocycles. The fourth-order valence-corrected chi connectivity index (χ4v) is 3.08. The Balaban J connectivity index is 2.05. The summed E-state index contributed by atoms with van der Waals surface area (Å²) >= 11 is 5.91. The van der Waals surface area contributed by atoms with Crippen LogP contribution in [-0.4, -0.2) is 35.4 Å². The quantitative estimate of drug-likeness (QED) is 0.208. The van der Waals surface area contributed by atoms with Crippen molar-refractivity contribution >= 4 is 53.2 Å². The highest BCUT2D eigenvalue weighted by atomic mass is 127. The summed E-state index contributed by atoms with van der Waals surface area (Å²) in [6.45, 7) is 0.120. The van der Waals surface area contributed by atoms with Crippen molar-refractivity contribution in [3.8, 4) is 5.75 Å². The first-order valence-electron chi connectivity index (χ1n) is 8.72. The zero-order valence-corrected chi connectivity index (χ0v) is 18.4. The second-order valence-corrected chi connectivity index (χ2v) is 7.50. The van der Waals surface area contributed by atoms with Gasteiger partial charge >= 0.3 is 12.1 Å². The number of imide groups is 1. The molecule has 0 spiro atoms. The van der Waals surface area contributed by atoms with Gasteiger partial charge in [-0.25, -0.2) is 4.79 Å². The van der Waals surface area contributed by atoms with Crippen LogP contribution in [0.25, 0.3) is 0 Å². The Bertz CT molecular complexity index is 861. The van der Waals surface area contributed by atoms with E-state index in [1.54, 1.807) is 42.5 Å². The van der Waals surface area contributed by atoms with Crippen molar-refractivity contribution in [2.45, 2.75) is 18.9 Å². The Morgan fingerprint density at radius 1 is 1.14 bits per heavy atom. The van der Waals surface area contributed by atoms with Gasteiger partial charge in [-0.1, -0.05) is 18.2 Å². The van der Waals surface area contributed by atoms with E-state index in [1.807, 2.05) is 0 Å². The third-order valence-corrected chi connectivity index (χ3v) is 4.77. The summed E-state index contributed by atoms with van der Waals surface area (Å²) in [4.78, 5) is 35.6. The molecular weight excluding hydrogens is 509 g/mol. The molecule has 0 bridgehead atoms. The van der Waals surface area contributed by atoms with Crippen LogP contribution in [0.3, 0.4) is 0 Å². The average molecular weight is 529 g/mol. The minimum atomic E-state index is -0.936. The number of alkyl carbamates (subject to hydrolysis) is 1. The van der Waals surface area contributed by atoms with Crippen molar-refractivity contribution in [2.75, 3.05) is 12.4 Å². The van der Waals surface area contributed by atoms with E-state index >= 15 is 0 Å². The number of amides is 2. The van der Waals surface area contributed by atoms with Gasteiger partial charge in [-0.05, 0) is 65.8 Å². The number of nitrogens with one attached hydrogen (secondary N) is 1. The average Bonchev–Trinajstić information content (AvgIpc) is 2.72. The fraction of sp³-hybridized carbons (Fsp3) is 0.250. The Labute approximate surface area is 187 Å². The first kappa shape index (κ1) is 23.0. The number of phenolic OH excluding ortho intramolecular Hbond substituents is 1. The van der Waals surface area contributed by atoms with E-state index in [2.05, 4.69) is 40.5 Å². The number of carbonyl (C=O) groups is 3. The minimum absolute atomic E-state index is 0.0262. The Kier molecular flexibility index (Phi) is 9.26. The van der Waals surface area contributed by atoms with Crippen molar-refractivity contribution in [2.24, 2.45) is 0 Å². The Morgan fingerprint density at radius 3 is 2.55 bits per heavy atom. The molecule has 7 nitrogen and oxygen atoms in total. The maximum absolute atomic E-state index is 12.3. The summed E-state index contributed by atoms with van der Waals surface area (Å²) in [6, 6.07) is 13.2. The molecule has 2 aromatic carbocycles. The summed E-state index contributed by atoms with van der Waals surface area (Å²) < 4.78 is 11.2. The molecule has 0 aromatic heterocycles. The van der Waals surface area contributed by atoms with Gasteiger partial charge in [0.2, 0.25) is 0 Å². The van der Waals surface area contributed by atoms with E-state index in [0.717, 1.165) is 3.57 Å². The third-order valence-electron chi connectivity index (χ3n) is 3.84. The molecule has 0 heterocycles. The first-order chi connectivity index (χ1) is 13.9. The van der Waals surface area contributed by atoms with E-state index in [-0.39, 0.29) is 24.5 Å². The predicted octanol–water partition coefficient (Wildman–Crippen LogP) is 3.86. The lowest BCUT2D eigenvalue weighted by Crippen LogP contribution is -2.32. The molecule has 2 rings (SSSR count). The Hall–Kier alpha value is -2.27. The van der Waals surface area contributed by atoms with Gasteiger partial charge in [0, 0.05) is 14.7 Å². The van der Waals surface area contributed by atoms with E-state index in [4.69, 9.17) is 9.47 Å². The summed E-state index contributed by atoms with van der Waals surface area (Å²) in [5.74, 6) is -1.11. The number of phenols is 1. The van der Waals surface area contributed by atoms with Crippen LogP contribution in [0.2, 0.25) is 0 Å². The lowest BCUT2D eigenvalue weighted by Gasteiger charge is -2.19. The number of hydrogen-bond donors (Lipinski definition) is 3. The molecule has 2 N–H and O–H groups in total. The number of esters is 1. The predicted molar refractivity (Wildman–Crippen MR) is 118 cm³/mol. The largest absolute Gasteiger partial charge is 0.508 e. The van der Waals surface area contributed by atoms with Crippen molar-refractivity contribution < 1.29 is 29.0 Å². The number of halogens is 1. The van der Waals surface area contributed by atoms with E-state index < -0.39 is 24.1 Å². The first-order valence-corrected chi connectivity index (χ1v) is 10.4.